The average Bonchev–Trinajstić information content (AvgIpc) is 3.35. The molecule has 214 valence electrons. The fourth-order valence-corrected chi connectivity index (χ4v) is 6.51. The first-order valence-corrected chi connectivity index (χ1v) is 15.4. The lowest BCUT2D eigenvalue weighted by atomic mass is 9.93. The predicted molar refractivity (Wildman–Crippen MR) is 172 cm³/mol. The summed E-state index contributed by atoms with van der Waals surface area (Å²) in [6.07, 6.45) is 1.84. The molecule has 6 nitrogen and oxygen atoms in total. The largest absolute Gasteiger partial charge is 0.488 e. The van der Waals surface area contributed by atoms with E-state index in [-0.39, 0.29) is 12.2 Å². The molecule has 4 aromatic carbocycles. The number of fused-ring (bicyclic) bond motifs is 1. The Hall–Kier alpha value is -4.53. The molecule has 1 aliphatic heterocycles. The van der Waals surface area contributed by atoms with Gasteiger partial charge >= 0.3 is 5.97 Å². The van der Waals surface area contributed by atoms with Crippen LogP contribution in [0.1, 0.15) is 35.2 Å². The number of carbonyl (C=O) groups excluding carboxylic acids is 1. The lowest BCUT2D eigenvalue weighted by Crippen LogP contribution is -2.39. The van der Waals surface area contributed by atoms with Crippen molar-refractivity contribution < 1.29 is 14.3 Å². The number of halogens is 1. The molecule has 5 aromatic rings. The van der Waals surface area contributed by atoms with E-state index in [9.17, 15) is 9.59 Å². The summed E-state index contributed by atoms with van der Waals surface area (Å²) in [6, 6.07) is 34.1. The first-order chi connectivity index (χ1) is 21.0. The molecule has 1 aromatic heterocycles. The summed E-state index contributed by atoms with van der Waals surface area (Å²) in [5.74, 6) is 0.210. The van der Waals surface area contributed by atoms with Crippen molar-refractivity contribution in [1.29, 1.82) is 0 Å². The standard InChI is InChI=1S/C35H27BrN2O4S/c1-2-41-34(40)30-31(25-14-8-4-9-15-25)37-35-38(32(30)26-16-10-5-11-17-26)33(39)29(43-35)21-24-18-19-28(27(36)20-24)42-22-23-12-6-3-7-13-23/h3-21,32H,2,22H2,1H3/b29-21-/t32-/m1/s1. The molecular weight excluding hydrogens is 624 g/mol. The van der Waals surface area contributed by atoms with E-state index >= 15 is 0 Å². The molecule has 6 rings (SSSR count). The Bertz CT molecular complexity index is 1980. The Morgan fingerprint density at radius 1 is 0.953 bits per heavy atom. The van der Waals surface area contributed by atoms with E-state index in [2.05, 4.69) is 15.9 Å². The summed E-state index contributed by atoms with van der Waals surface area (Å²) in [4.78, 5) is 33.0. The van der Waals surface area contributed by atoms with E-state index in [0.717, 1.165) is 26.7 Å². The van der Waals surface area contributed by atoms with Crippen LogP contribution in [0.15, 0.2) is 129 Å². The molecule has 0 spiro atoms. The van der Waals surface area contributed by atoms with E-state index in [1.165, 1.54) is 11.3 Å². The van der Waals surface area contributed by atoms with Crippen LogP contribution >= 0.6 is 27.3 Å². The zero-order valence-electron chi connectivity index (χ0n) is 23.3. The second-order valence-corrected chi connectivity index (χ2v) is 11.7. The third-order valence-corrected chi connectivity index (χ3v) is 8.58. The smallest absolute Gasteiger partial charge is 0.338 e. The van der Waals surface area contributed by atoms with Crippen LogP contribution in [0.25, 0.3) is 11.8 Å². The number of rotatable bonds is 8. The van der Waals surface area contributed by atoms with Gasteiger partial charge in [0.1, 0.15) is 12.4 Å². The van der Waals surface area contributed by atoms with Gasteiger partial charge in [-0.15, -0.1) is 0 Å². The molecule has 0 radical (unpaired) electrons. The molecule has 1 aliphatic rings. The van der Waals surface area contributed by atoms with Crippen molar-refractivity contribution in [3.63, 3.8) is 0 Å². The van der Waals surface area contributed by atoms with Crippen molar-refractivity contribution in [3.8, 4) is 5.75 Å². The Kier molecular flexibility index (Phi) is 8.49. The van der Waals surface area contributed by atoms with Gasteiger partial charge in [-0.25, -0.2) is 9.79 Å². The minimum absolute atomic E-state index is 0.205. The molecule has 1 atom stereocenters. The van der Waals surface area contributed by atoms with Gasteiger partial charge in [0.2, 0.25) is 0 Å². The SMILES string of the molecule is CCOC(=O)C1=C(c2ccccc2)N=c2s/c(=C\c3ccc(OCc4ccccc4)c(Br)c3)c(=O)n2[C@@H]1c1ccccc1. The van der Waals surface area contributed by atoms with E-state index in [0.29, 0.717) is 33.0 Å². The van der Waals surface area contributed by atoms with Crippen LogP contribution in [0.2, 0.25) is 0 Å². The van der Waals surface area contributed by atoms with Crippen molar-refractivity contribution in [2.75, 3.05) is 6.61 Å². The Labute approximate surface area is 261 Å². The van der Waals surface area contributed by atoms with Gasteiger partial charge in [0, 0.05) is 5.56 Å². The van der Waals surface area contributed by atoms with Crippen molar-refractivity contribution in [3.05, 3.63) is 161 Å². The molecule has 0 aliphatic carbocycles. The zero-order valence-corrected chi connectivity index (χ0v) is 25.7. The number of carbonyl (C=O) groups is 1. The third kappa shape index (κ3) is 6.02. The van der Waals surface area contributed by atoms with Crippen LogP contribution in [0.4, 0.5) is 0 Å². The van der Waals surface area contributed by atoms with E-state index in [4.69, 9.17) is 14.5 Å². The van der Waals surface area contributed by atoms with Gasteiger partial charge in [0.05, 0.1) is 32.9 Å². The lowest BCUT2D eigenvalue weighted by Gasteiger charge is -2.25. The minimum Gasteiger partial charge on any atom is -0.488 e. The van der Waals surface area contributed by atoms with E-state index < -0.39 is 12.0 Å². The highest BCUT2D eigenvalue weighted by atomic mass is 79.9. The molecule has 0 bridgehead atoms. The second kappa shape index (κ2) is 12.8. The topological polar surface area (TPSA) is 69.9 Å². The zero-order chi connectivity index (χ0) is 29.8. The molecular formula is C35H27BrN2O4S. The number of benzene rings is 4. The molecule has 0 fully saturated rings. The van der Waals surface area contributed by atoms with Crippen LogP contribution in [-0.2, 0) is 16.1 Å². The average molecular weight is 652 g/mol. The normalized spacial score (nSPS) is 14.7. The minimum atomic E-state index is -0.700. The van der Waals surface area contributed by atoms with E-state index in [1.807, 2.05) is 115 Å². The number of hydrogen-bond acceptors (Lipinski definition) is 6. The first kappa shape index (κ1) is 28.6. The lowest BCUT2D eigenvalue weighted by molar-refractivity contribution is -0.138. The highest BCUT2D eigenvalue weighted by Crippen LogP contribution is 2.35. The van der Waals surface area contributed by atoms with Crippen LogP contribution in [0.3, 0.4) is 0 Å². The maximum Gasteiger partial charge on any atom is 0.338 e. The van der Waals surface area contributed by atoms with Gasteiger partial charge in [-0.3, -0.25) is 9.36 Å². The summed E-state index contributed by atoms with van der Waals surface area (Å²) < 4.78 is 14.4. The molecule has 0 saturated heterocycles. The molecule has 2 heterocycles. The van der Waals surface area contributed by atoms with Crippen LogP contribution < -0.4 is 19.6 Å². The summed E-state index contributed by atoms with van der Waals surface area (Å²) in [5, 5.41) is 0. The number of hydrogen-bond donors (Lipinski definition) is 0. The molecule has 0 unspecified atom stereocenters. The van der Waals surface area contributed by atoms with Gasteiger partial charge in [-0.2, -0.15) is 0 Å². The van der Waals surface area contributed by atoms with Gasteiger partial charge in [0.15, 0.2) is 4.80 Å². The van der Waals surface area contributed by atoms with Gasteiger partial charge in [0.25, 0.3) is 5.56 Å². The number of ether oxygens (including phenoxy) is 2. The van der Waals surface area contributed by atoms with E-state index in [1.54, 1.807) is 11.5 Å². The van der Waals surface area contributed by atoms with Gasteiger partial charge < -0.3 is 9.47 Å². The van der Waals surface area contributed by atoms with Crippen molar-refractivity contribution in [2.45, 2.75) is 19.6 Å². The first-order valence-electron chi connectivity index (χ1n) is 13.8. The molecule has 0 amide bonds. The number of aromatic nitrogens is 1. The Morgan fingerprint density at radius 2 is 1.63 bits per heavy atom. The quantitative estimate of drug-likeness (QED) is 0.186. The van der Waals surface area contributed by atoms with Crippen LogP contribution in [-0.4, -0.2) is 17.1 Å². The monoisotopic (exact) mass is 650 g/mol. The highest BCUT2D eigenvalue weighted by Gasteiger charge is 2.35. The molecule has 43 heavy (non-hydrogen) atoms. The predicted octanol–water partition coefficient (Wildman–Crippen LogP) is 6.28. The highest BCUT2D eigenvalue weighted by molar-refractivity contribution is 9.10. The Balaban J connectivity index is 1.46. The number of nitrogens with zero attached hydrogens (tertiary/aromatic N) is 2. The summed E-state index contributed by atoms with van der Waals surface area (Å²) in [7, 11) is 0. The fraction of sp³-hybridized carbons (Fsp3) is 0.114. The maximum atomic E-state index is 14.1. The summed E-state index contributed by atoms with van der Waals surface area (Å²) in [6.45, 7) is 2.42. The number of esters is 1. The maximum absolute atomic E-state index is 14.1. The van der Waals surface area contributed by atoms with Crippen molar-refractivity contribution >= 4 is 45.0 Å². The van der Waals surface area contributed by atoms with Gasteiger partial charge in [-0.05, 0) is 57.8 Å². The third-order valence-electron chi connectivity index (χ3n) is 6.98. The van der Waals surface area contributed by atoms with Gasteiger partial charge in [-0.1, -0.05) is 108 Å². The molecule has 8 heteroatoms. The molecule has 0 N–H and O–H groups in total. The fourth-order valence-electron chi connectivity index (χ4n) is 5.00. The second-order valence-electron chi connectivity index (χ2n) is 9.81. The van der Waals surface area contributed by atoms with Crippen LogP contribution in [0, 0.1) is 0 Å². The summed E-state index contributed by atoms with van der Waals surface area (Å²) >= 11 is 4.91. The summed E-state index contributed by atoms with van der Waals surface area (Å²) in [5.41, 5.74) is 4.08. The Morgan fingerprint density at radius 3 is 2.30 bits per heavy atom. The number of thiazole rings is 1. The van der Waals surface area contributed by atoms with Crippen molar-refractivity contribution in [1.82, 2.24) is 4.57 Å². The van der Waals surface area contributed by atoms with Crippen LogP contribution in [0.5, 0.6) is 5.75 Å². The van der Waals surface area contributed by atoms with Crippen molar-refractivity contribution in [2.24, 2.45) is 4.99 Å². The molecule has 0 saturated carbocycles.